The van der Waals surface area contributed by atoms with E-state index in [9.17, 15) is 19.0 Å². The Labute approximate surface area is 429 Å². The molecule has 70 heavy (non-hydrogen) atoms. The van der Waals surface area contributed by atoms with Crippen LogP contribution in [0.4, 0.5) is 0 Å². The third kappa shape index (κ3) is 49.4. The molecule has 0 aromatic rings. The summed E-state index contributed by atoms with van der Waals surface area (Å²) in [7, 11) is 1.44. The van der Waals surface area contributed by atoms with Gasteiger partial charge in [0.25, 0.3) is 0 Å². The maximum atomic E-state index is 13.5. The van der Waals surface area contributed by atoms with E-state index in [-0.39, 0.29) is 31.5 Å². The summed E-state index contributed by atoms with van der Waals surface area (Å²) in [6, 6.07) is -0.881. The van der Waals surface area contributed by atoms with Crippen molar-refractivity contribution in [2.45, 2.75) is 206 Å². The molecular formula is C60H102N2O7P+. The highest BCUT2D eigenvalue weighted by Gasteiger charge is 2.30. The number of unbranched alkanes of at least 4 members (excludes halogenated alkanes) is 18. The van der Waals surface area contributed by atoms with E-state index in [2.05, 4.69) is 74.7 Å². The Morgan fingerprint density at radius 1 is 0.529 bits per heavy atom. The summed E-state index contributed by atoms with van der Waals surface area (Å²) in [6.45, 7) is 6.67. The Hall–Kier alpha value is -3.59. The molecule has 2 N–H and O–H groups in total. The van der Waals surface area contributed by atoms with Crippen molar-refractivity contribution in [3.05, 3.63) is 122 Å². The molecule has 0 aliphatic heterocycles. The molecule has 3 atom stereocenters. The molecule has 0 rings (SSSR count). The van der Waals surface area contributed by atoms with E-state index >= 15 is 0 Å². The van der Waals surface area contributed by atoms with E-state index in [1.165, 1.54) is 44.9 Å². The van der Waals surface area contributed by atoms with Gasteiger partial charge in [0.05, 0.1) is 33.8 Å². The van der Waals surface area contributed by atoms with Gasteiger partial charge in [-0.2, -0.15) is 0 Å². The first-order chi connectivity index (χ1) is 33.9. The molecule has 0 saturated carbocycles. The number of carbonyl (C=O) groups is 2. The second kappa shape index (κ2) is 49.0. The van der Waals surface area contributed by atoms with E-state index in [1.54, 1.807) is 0 Å². The van der Waals surface area contributed by atoms with Crippen LogP contribution < -0.4 is 5.32 Å². The number of likely N-dealkylation sites (N-methyl/N-ethyl adjacent to an activating group) is 1. The molecule has 0 aliphatic carbocycles. The van der Waals surface area contributed by atoms with Crippen LogP contribution in [0.1, 0.15) is 194 Å². The number of hydrogen-bond acceptors (Lipinski definition) is 6. The van der Waals surface area contributed by atoms with Crippen LogP contribution in [-0.4, -0.2) is 74.3 Å². The Morgan fingerprint density at radius 2 is 0.986 bits per heavy atom. The maximum absolute atomic E-state index is 13.5. The molecule has 0 fully saturated rings. The van der Waals surface area contributed by atoms with Gasteiger partial charge in [-0.15, -0.1) is 0 Å². The van der Waals surface area contributed by atoms with Gasteiger partial charge in [-0.1, -0.05) is 220 Å². The zero-order valence-electron chi connectivity index (χ0n) is 45.2. The minimum absolute atomic E-state index is 0.0225. The standard InChI is InChI=1S/C60H101N2O7P/c1-7-10-13-16-19-22-25-27-29-31-33-35-38-41-44-47-50-53-60(64)69-58(51-48-45-42-39-36-24-21-18-15-12-9-3)57(56-68-70(65,66)67-55-54-62(4,5)6)61-59(63)52-49-46-43-40-37-34-32-30-28-26-23-20-17-14-11-8-2/h10-11,13-14,16,19-20,22-23,25,27-31,33,35,38,48,51,57-58H,7-9,12,15,17-18,21,24,26,32,34,36-37,39-47,49-50,52-56H2,1-6H3,(H-,61,63,65,66)/p+1/b13-10-,14-11+,19-16+,23-20+,25-22+,29-27-,30-28+,33-31+,38-35+,51-48+. The summed E-state index contributed by atoms with van der Waals surface area (Å²) in [5.74, 6) is -0.584. The van der Waals surface area contributed by atoms with Gasteiger partial charge in [0.1, 0.15) is 19.3 Å². The van der Waals surface area contributed by atoms with E-state index in [0.717, 1.165) is 109 Å². The zero-order chi connectivity index (χ0) is 51.5. The van der Waals surface area contributed by atoms with E-state index in [4.69, 9.17) is 13.8 Å². The van der Waals surface area contributed by atoms with Crippen molar-refractivity contribution in [2.24, 2.45) is 0 Å². The van der Waals surface area contributed by atoms with Crippen LogP contribution in [0, 0.1) is 0 Å². The number of phosphoric ester groups is 1. The number of hydrogen-bond donors (Lipinski definition) is 2. The molecule has 0 saturated heterocycles. The first-order valence-electron chi connectivity index (χ1n) is 27.4. The Bertz CT molecular complexity index is 1610. The number of phosphoric acid groups is 1. The highest BCUT2D eigenvalue weighted by molar-refractivity contribution is 7.47. The van der Waals surface area contributed by atoms with Crippen molar-refractivity contribution in [3.8, 4) is 0 Å². The molecule has 398 valence electrons. The zero-order valence-corrected chi connectivity index (χ0v) is 46.1. The lowest BCUT2D eigenvalue weighted by molar-refractivity contribution is -0.870. The molecule has 0 heterocycles. The summed E-state index contributed by atoms with van der Waals surface area (Å²) in [5.41, 5.74) is 0. The van der Waals surface area contributed by atoms with Gasteiger partial charge in [0.2, 0.25) is 5.91 Å². The highest BCUT2D eigenvalue weighted by Crippen LogP contribution is 2.43. The van der Waals surface area contributed by atoms with Gasteiger partial charge < -0.3 is 19.4 Å². The molecule has 1 amide bonds. The lowest BCUT2D eigenvalue weighted by Gasteiger charge is -2.27. The van der Waals surface area contributed by atoms with Crippen molar-refractivity contribution in [1.82, 2.24) is 5.32 Å². The summed E-state index contributed by atoms with van der Waals surface area (Å²) >= 11 is 0. The number of amides is 1. The molecule has 0 spiro atoms. The topological polar surface area (TPSA) is 111 Å². The fourth-order valence-electron chi connectivity index (χ4n) is 7.10. The summed E-state index contributed by atoms with van der Waals surface area (Å²) in [5, 5.41) is 3.02. The monoisotopic (exact) mass is 994 g/mol. The predicted molar refractivity (Wildman–Crippen MR) is 300 cm³/mol. The molecule has 0 aromatic heterocycles. The van der Waals surface area contributed by atoms with Crippen molar-refractivity contribution in [2.75, 3.05) is 40.9 Å². The van der Waals surface area contributed by atoms with Crippen LogP contribution in [0.15, 0.2) is 122 Å². The SMILES string of the molecule is CC\C=C/C=C/C=C/C=C\C=C\C=C\CCCCCC(=O)OC(/C=C/CCCCCCCCCCC)C(COP(=O)(O)OCC[N+](C)(C)C)NC(=O)CCCCCCCC/C=C/C/C=C/C/C=C/CC. The normalized spacial score (nSPS) is 14.8. The molecule has 0 aliphatic rings. The number of rotatable bonds is 47. The summed E-state index contributed by atoms with van der Waals surface area (Å²) < 4.78 is 30.5. The molecule has 10 heteroatoms. The molecule has 0 radical (unpaired) electrons. The van der Waals surface area contributed by atoms with E-state index in [0.29, 0.717) is 23.9 Å². The molecular weight excluding hydrogens is 892 g/mol. The first kappa shape index (κ1) is 66.4. The lowest BCUT2D eigenvalue weighted by Crippen LogP contribution is -2.47. The predicted octanol–water partition coefficient (Wildman–Crippen LogP) is 16.4. The van der Waals surface area contributed by atoms with Crippen molar-refractivity contribution in [1.29, 1.82) is 0 Å². The number of nitrogens with one attached hydrogen (secondary N) is 1. The maximum Gasteiger partial charge on any atom is 0.472 e. The fourth-order valence-corrected chi connectivity index (χ4v) is 7.84. The van der Waals surface area contributed by atoms with Gasteiger partial charge in [-0.3, -0.25) is 18.6 Å². The number of ether oxygens (including phenoxy) is 1. The minimum atomic E-state index is -4.46. The quantitative estimate of drug-likeness (QED) is 0.0156. The van der Waals surface area contributed by atoms with Gasteiger partial charge in [-0.25, -0.2) is 4.57 Å². The van der Waals surface area contributed by atoms with E-state index in [1.807, 2.05) is 94.1 Å². The number of esters is 1. The molecule has 0 bridgehead atoms. The van der Waals surface area contributed by atoms with Crippen molar-refractivity contribution >= 4 is 19.7 Å². The summed E-state index contributed by atoms with van der Waals surface area (Å²) in [6.07, 6.45) is 67.6. The Balaban J connectivity index is 5.49. The Kier molecular flexibility index (Phi) is 46.5. The third-order valence-corrected chi connectivity index (χ3v) is 12.3. The minimum Gasteiger partial charge on any atom is -0.456 e. The van der Waals surface area contributed by atoms with Crippen LogP contribution in [0.5, 0.6) is 0 Å². The molecule has 3 unspecified atom stereocenters. The van der Waals surface area contributed by atoms with Gasteiger partial charge >= 0.3 is 13.8 Å². The van der Waals surface area contributed by atoms with Crippen molar-refractivity contribution in [3.63, 3.8) is 0 Å². The second-order valence-electron chi connectivity index (χ2n) is 19.1. The third-order valence-electron chi connectivity index (χ3n) is 11.3. The average molecular weight is 994 g/mol. The van der Waals surface area contributed by atoms with E-state index < -0.39 is 20.0 Å². The number of quaternary nitrogens is 1. The van der Waals surface area contributed by atoms with Gasteiger partial charge in [0, 0.05) is 12.8 Å². The van der Waals surface area contributed by atoms with Crippen LogP contribution >= 0.6 is 7.82 Å². The van der Waals surface area contributed by atoms with Gasteiger partial charge in [0.15, 0.2) is 0 Å². The second-order valence-corrected chi connectivity index (χ2v) is 20.6. The molecule has 0 aromatic carbocycles. The number of allylic oxidation sites excluding steroid dienone is 19. The highest BCUT2D eigenvalue weighted by atomic mass is 31.2. The van der Waals surface area contributed by atoms with Crippen molar-refractivity contribution < 1.29 is 37.3 Å². The van der Waals surface area contributed by atoms with Crippen LogP contribution in [0.3, 0.4) is 0 Å². The largest absolute Gasteiger partial charge is 0.472 e. The van der Waals surface area contributed by atoms with Crippen LogP contribution in [-0.2, 0) is 27.9 Å². The lowest BCUT2D eigenvalue weighted by atomic mass is 10.1. The fraction of sp³-hybridized carbons (Fsp3) is 0.633. The van der Waals surface area contributed by atoms with Gasteiger partial charge in [-0.05, 0) is 83.1 Å². The average Bonchev–Trinajstić information content (AvgIpc) is 3.32. The number of nitrogens with zero attached hydrogens (tertiary/aromatic N) is 1. The summed E-state index contributed by atoms with van der Waals surface area (Å²) in [4.78, 5) is 37.5. The van der Waals surface area contributed by atoms with Crippen LogP contribution in [0.25, 0.3) is 0 Å². The Morgan fingerprint density at radius 3 is 1.56 bits per heavy atom. The van der Waals surface area contributed by atoms with Crippen LogP contribution in [0.2, 0.25) is 0 Å². The number of carbonyl (C=O) groups excluding carboxylic acids is 2. The molecule has 9 nitrogen and oxygen atoms in total. The first-order valence-corrected chi connectivity index (χ1v) is 28.9. The smallest absolute Gasteiger partial charge is 0.456 e.